The van der Waals surface area contributed by atoms with Crippen LogP contribution in [-0.4, -0.2) is 29.1 Å². The lowest BCUT2D eigenvalue weighted by molar-refractivity contribution is -0.136. The van der Waals surface area contributed by atoms with Crippen LogP contribution in [0.2, 0.25) is 0 Å². The predicted molar refractivity (Wildman–Crippen MR) is 44.6 cm³/mol. The third-order valence-electron chi connectivity index (χ3n) is 1.59. The van der Waals surface area contributed by atoms with E-state index in [-0.39, 0.29) is 11.0 Å². The highest BCUT2D eigenvalue weighted by Crippen LogP contribution is 2.13. The molecule has 0 aromatic heterocycles. The molecule has 4 nitrogen and oxygen atoms in total. The van der Waals surface area contributed by atoms with E-state index in [1.807, 2.05) is 0 Å². The zero-order valence-electron chi connectivity index (χ0n) is 6.62. The van der Waals surface area contributed by atoms with Crippen molar-refractivity contribution in [1.29, 1.82) is 0 Å². The molecule has 1 fully saturated rings. The van der Waals surface area contributed by atoms with Gasteiger partial charge in [0, 0.05) is 19.2 Å². The molecule has 0 spiro atoms. The second-order valence-electron chi connectivity index (χ2n) is 2.57. The van der Waals surface area contributed by atoms with Crippen molar-refractivity contribution in [2.24, 2.45) is 5.92 Å². The van der Waals surface area contributed by atoms with E-state index in [0.717, 1.165) is 11.8 Å². The van der Waals surface area contributed by atoms with Gasteiger partial charge < -0.3 is 5.32 Å². The molecule has 5 heteroatoms. The Balaban J connectivity index is 2.39. The molecule has 1 aliphatic rings. The Morgan fingerprint density at radius 1 is 1.67 bits per heavy atom. The van der Waals surface area contributed by atoms with E-state index < -0.39 is 11.7 Å². The van der Waals surface area contributed by atoms with Crippen molar-refractivity contribution < 1.29 is 14.4 Å². The van der Waals surface area contributed by atoms with Crippen LogP contribution in [0.15, 0.2) is 0 Å². The van der Waals surface area contributed by atoms with Crippen molar-refractivity contribution in [1.82, 2.24) is 5.32 Å². The standard InChI is InChI=1S/C7H9NO3S/c1-4(9)12-3-5-2-8-7(11)6(5)10/h5H,2-3H2,1H3,(H,8,11). The maximum atomic E-state index is 11.0. The van der Waals surface area contributed by atoms with E-state index in [0.29, 0.717) is 12.3 Å². The summed E-state index contributed by atoms with van der Waals surface area (Å²) in [5, 5.41) is 2.40. The zero-order valence-corrected chi connectivity index (χ0v) is 7.44. The Kier molecular flexibility index (Phi) is 2.86. The molecule has 1 atom stereocenters. The highest BCUT2D eigenvalue weighted by atomic mass is 32.2. The summed E-state index contributed by atoms with van der Waals surface area (Å²) in [7, 11) is 0. The van der Waals surface area contributed by atoms with Crippen LogP contribution in [0.1, 0.15) is 6.92 Å². The lowest BCUT2D eigenvalue weighted by Gasteiger charge is -2.01. The molecule has 1 saturated heterocycles. The number of ketones is 1. The van der Waals surface area contributed by atoms with Crippen molar-refractivity contribution >= 4 is 28.6 Å². The van der Waals surface area contributed by atoms with Gasteiger partial charge in [-0.3, -0.25) is 14.4 Å². The number of nitrogens with one attached hydrogen (secondary N) is 1. The first kappa shape index (κ1) is 9.25. The van der Waals surface area contributed by atoms with Gasteiger partial charge in [0.1, 0.15) is 0 Å². The van der Waals surface area contributed by atoms with Crippen molar-refractivity contribution in [3.8, 4) is 0 Å². The average molecular weight is 187 g/mol. The van der Waals surface area contributed by atoms with Gasteiger partial charge in [-0.2, -0.15) is 0 Å². The molecule has 1 N–H and O–H groups in total. The van der Waals surface area contributed by atoms with Crippen LogP contribution < -0.4 is 5.32 Å². The van der Waals surface area contributed by atoms with Gasteiger partial charge in [-0.1, -0.05) is 11.8 Å². The average Bonchev–Trinajstić information content (AvgIpc) is 2.30. The van der Waals surface area contributed by atoms with Crippen LogP contribution in [0, 0.1) is 5.92 Å². The number of thioether (sulfide) groups is 1. The van der Waals surface area contributed by atoms with Gasteiger partial charge in [-0.15, -0.1) is 0 Å². The minimum absolute atomic E-state index is 0.0258. The van der Waals surface area contributed by atoms with Gasteiger partial charge in [0.15, 0.2) is 5.12 Å². The van der Waals surface area contributed by atoms with E-state index in [4.69, 9.17) is 0 Å². The molecule has 0 aromatic rings. The van der Waals surface area contributed by atoms with Gasteiger partial charge in [0.2, 0.25) is 5.78 Å². The monoisotopic (exact) mass is 187 g/mol. The third kappa shape index (κ3) is 2.07. The van der Waals surface area contributed by atoms with Crippen LogP contribution in [0.25, 0.3) is 0 Å². The molecule has 1 rings (SSSR count). The molecule has 0 radical (unpaired) electrons. The van der Waals surface area contributed by atoms with Gasteiger partial charge in [-0.05, 0) is 0 Å². The van der Waals surface area contributed by atoms with E-state index in [2.05, 4.69) is 5.32 Å². The highest BCUT2D eigenvalue weighted by Gasteiger charge is 2.32. The Morgan fingerprint density at radius 3 is 2.75 bits per heavy atom. The Hall–Kier alpha value is -0.840. The van der Waals surface area contributed by atoms with E-state index >= 15 is 0 Å². The third-order valence-corrected chi connectivity index (χ3v) is 2.57. The second-order valence-corrected chi connectivity index (χ2v) is 3.77. The van der Waals surface area contributed by atoms with Crippen LogP contribution in [0.3, 0.4) is 0 Å². The molecular formula is C7H9NO3S. The number of carbonyl (C=O) groups is 3. The van der Waals surface area contributed by atoms with E-state index in [1.165, 1.54) is 6.92 Å². The summed E-state index contributed by atoms with van der Waals surface area (Å²) < 4.78 is 0. The molecule has 0 aromatic carbocycles. The van der Waals surface area contributed by atoms with Crippen molar-refractivity contribution in [3.63, 3.8) is 0 Å². The zero-order chi connectivity index (χ0) is 9.14. The number of rotatable bonds is 2. The fourth-order valence-electron chi connectivity index (χ4n) is 0.934. The quantitative estimate of drug-likeness (QED) is 0.596. The van der Waals surface area contributed by atoms with Gasteiger partial charge in [0.05, 0.1) is 5.92 Å². The molecule has 0 bridgehead atoms. The number of hydrogen-bond acceptors (Lipinski definition) is 4. The van der Waals surface area contributed by atoms with Crippen molar-refractivity contribution in [3.05, 3.63) is 0 Å². The maximum Gasteiger partial charge on any atom is 0.287 e. The van der Waals surface area contributed by atoms with Gasteiger partial charge >= 0.3 is 0 Å². The Morgan fingerprint density at radius 2 is 2.33 bits per heavy atom. The summed E-state index contributed by atoms with van der Waals surface area (Å²) >= 11 is 1.08. The molecule has 1 amide bonds. The number of amides is 1. The van der Waals surface area contributed by atoms with Crippen molar-refractivity contribution in [2.45, 2.75) is 6.92 Å². The molecule has 1 aliphatic heterocycles. The Bertz CT molecular complexity index is 239. The normalized spacial score (nSPS) is 22.6. The molecule has 0 aliphatic carbocycles. The maximum absolute atomic E-state index is 11.0. The fraction of sp³-hybridized carbons (Fsp3) is 0.571. The first-order valence-electron chi connectivity index (χ1n) is 3.56. The lowest BCUT2D eigenvalue weighted by Crippen LogP contribution is -2.19. The number of Topliss-reactive ketones (excluding diaryl/α,β-unsaturated/α-hetero) is 1. The minimum Gasteiger partial charge on any atom is -0.349 e. The smallest absolute Gasteiger partial charge is 0.287 e. The number of carbonyl (C=O) groups excluding carboxylic acids is 3. The molecule has 0 saturated carbocycles. The van der Waals surface area contributed by atoms with Crippen LogP contribution in [-0.2, 0) is 14.4 Å². The SMILES string of the molecule is CC(=O)SCC1CNC(=O)C1=O. The van der Waals surface area contributed by atoms with Crippen LogP contribution in [0.4, 0.5) is 0 Å². The largest absolute Gasteiger partial charge is 0.349 e. The molecule has 12 heavy (non-hydrogen) atoms. The molecule has 1 heterocycles. The lowest BCUT2D eigenvalue weighted by atomic mass is 10.1. The summed E-state index contributed by atoms with van der Waals surface area (Å²) in [5.41, 5.74) is 0. The predicted octanol–water partition coefficient (Wildman–Crippen LogP) is -0.419. The summed E-state index contributed by atoms with van der Waals surface area (Å²) in [6, 6.07) is 0. The highest BCUT2D eigenvalue weighted by molar-refractivity contribution is 8.13. The van der Waals surface area contributed by atoms with E-state index in [1.54, 1.807) is 0 Å². The second kappa shape index (κ2) is 3.71. The summed E-state index contributed by atoms with van der Waals surface area (Å²) in [6.07, 6.45) is 0. The van der Waals surface area contributed by atoms with E-state index in [9.17, 15) is 14.4 Å². The van der Waals surface area contributed by atoms with Crippen LogP contribution in [0.5, 0.6) is 0 Å². The topological polar surface area (TPSA) is 63.2 Å². The molecular weight excluding hydrogens is 178 g/mol. The van der Waals surface area contributed by atoms with Crippen LogP contribution >= 0.6 is 11.8 Å². The summed E-state index contributed by atoms with van der Waals surface area (Å²) in [5.74, 6) is -0.827. The minimum atomic E-state index is -0.524. The summed E-state index contributed by atoms with van der Waals surface area (Å²) in [6.45, 7) is 1.82. The Labute approximate surface area is 74.1 Å². The first-order chi connectivity index (χ1) is 5.61. The van der Waals surface area contributed by atoms with Gasteiger partial charge in [0.25, 0.3) is 5.91 Å². The first-order valence-corrected chi connectivity index (χ1v) is 4.55. The molecule has 66 valence electrons. The summed E-state index contributed by atoms with van der Waals surface area (Å²) in [4.78, 5) is 32.2. The fourth-order valence-corrected chi connectivity index (χ4v) is 1.64. The number of hydrogen-bond donors (Lipinski definition) is 1. The molecule has 1 unspecified atom stereocenters. The van der Waals surface area contributed by atoms with Crippen molar-refractivity contribution in [2.75, 3.05) is 12.3 Å². The van der Waals surface area contributed by atoms with Gasteiger partial charge in [-0.25, -0.2) is 0 Å².